The van der Waals surface area contributed by atoms with E-state index in [0.717, 1.165) is 69.2 Å². The van der Waals surface area contributed by atoms with Gasteiger partial charge in [-0.3, -0.25) is 4.90 Å². The van der Waals surface area contributed by atoms with Crippen molar-refractivity contribution >= 4 is 11.7 Å². The lowest BCUT2D eigenvalue weighted by Gasteiger charge is -2.34. The smallest absolute Gasteiger partial charge is 0.321 e. The van der Waals surface area contributed by atoms with Gasteiger partial charge in [0.05, 0.1) is 6.61 Å². The number of carbonyl (C=O) groups is 1. The molecule has 0 aliphatic carbocycles. The number of aryl methyl sites for hydroxylation is 1. The van der Waals surface area contributed by atoms with Crippen LogP contribution >= 0.6 is 0 Å². The highest BCUT2D eigenvalue weighted by Gasteiger charge is 2.21. The quantitative estimate of drug-likeness (QED) is 0.717. The van der Waals surface area contributed by atoms with Crippen molar-refractivity contribution in [2.45, 2.75) is 33.2 Å². The zero-order valence-electron chi connectivity index (χ0n) is 17.0. The van der Waals surface area contributed by atoms with Gasteiger partial charge in [0.2, 0.25) is 0 Å². The van der Waals surface area contributed by atoms with Gasteiger partial charge >= 0.3 is 6.03 Å². The zero-order valence-corrected chi connectivity index (χ0v) is 17.0. The number of amides is 2. The number of unbranched alkanes of at least 4 members (excludes halogenated alkanes) is 1. The summed E-state index contributed by atoms with van der Waals surface area (Å²) in [7, 11) is 0. The summed E-state index contributed by atoms with van der Waals surface area (Å²) in [5, 5.41) is 3.05. The number of nitrogens with zero attached hydrogens (tertiary/aromatic N) is 2. The van der Waals surface area contributed by atoms with E-state index in [1.807, 2.05) is 36.1 Å². The molecular weight excluding hydrogens is 350 g/mol. The monoisotopic (exact) mass is 381 g/mol. The molecule has 1 saturated heterocycles. The van der Waals surface area contributed by atoms with Crippen LogP contribution in [0.3, 0.4) is 0 Å². The number of piperazine rings is 1. The first-order valence-corrected chi connectivity index (χ1v) is 10.2. The van der Waals surface area contributed by atoms with E-state index >= 15 is 0 Å². The summed E-state index contributed by atoms with van der Waals surface area (Å²) in [4.78, 5) is 16.9. The Kier molecular flexibility index (Phi) is 7.31. The van der Waals surface area contributed by atoms with E-state index in [0.29, 0.717) is 0 Å². The number of nitrogens with one attached hydrogen (secondary N) is 1. The Morgan fingerprint density at radius 2 is 1.82 bits per heavy atom. The number of urea groups is 1. The molecule has 0 atom stereocenters. The minimum atomic E-state index is -0.0258. The fourth-order valence-corrected chi connectivity index (χ4v) is 3.35. The van der Waals surface area contributed by atoms with Crippen LogP contribution in [0, 0.1) is 6.92 Å². The second-order valence-corrected chi connectivity index (χ2v) is 7.36. The van der Waals surface area contributed by atoms with Gasteiger partial charge < -0.3 is 15.0 Å². The molecule has 1 fully saturated rings. The minimum absolute atomic E-state index is 0.0258. The van der Waals surface area contributed by atoms with Crippen molar-refractivity contribution in [1.29, 1.82) is 0 Å². The summed E-state index contributed by atoms with van der Waals surface area (Å²) in [6.45, 7) is 9.10. The predicted octanol–water partition coefficient (Wildman–Crippen LogP) is 4.52. The summed E-state index contributed by atoms with van der Waals surface area (Å²) in [5.74, 6) is 0.860. The fourth-order valence-electron chi connectivity index (χ4n) is 3.35. The summed E-state index contributed by atoms with van der Waals surface area (Å²) < 4.78 is 5.74. The average Bonchev–Trinajstić information content (AvgIpc) is 2.71. The van der Waals surface area contributed by atoms with Crippen LogP contribution in [-0.2, 0) is 6.54 Å². The molecule has 5 nitrogen and oxygen atoms in total. The second-order valence-electron chi connectivity index (χ2n) is 7.36. The number of hydrogen-bond acceptors (Lipinski definition) is 3. The lowest BCUT2D eigenvalue weighted by Crippen LogP contribution is -2.49. The van der Waals surface area contributed by atoms with Crippen molar-refractivity contribution in [2.24, 2.45) is 0 Å². The average molecular weight is 382 g/mol. The van der Waals surface area contributed by atoms with Gasteiger partial charge in [0.25, 0.3) is 0 Å². The van der Waals surface area contributed by atoms with Crippen LogP contribution in [0.2, 0.25) is 0 Å². The Labute approximate surface area is 168 Å². The van der Waals surface area contributed by atoms with Gasteiger partial charge in [-0.2, -0.15) is 0 Å². The number of ether oxygens (including phenoxy) is 1. The molecule has 5 heteroatoms. The van der Waals surface area contributed by atoms with E-state index in [9.17, 15) is 4.79 Å². The summed E-state index contributed by atoms with van der Waals surface area (Å²) >= 11 is 0. The molecule has 2 amide bonds. The highest BCUT2D eigenvalue weighted by Crippen LogP contribution is 2.22. The van der Waals surface area contributed by atoms with Crippen LogP contribution in [0.4, 0.5) is 10.5 Å². The molecule has 2 aromatic carbocycles. The number of anilines is 1. The normalized spacial score (nSPS) is 14.7. The maximum atomic E-state index is 12.6. The highest BCUT2D eigenvalue weighted by molar-refractivity contribution is 5.90. The molecule has 3 rings (SSSR count). The van der Waals surface area contributed by atoms with E-state index in [1.165, 1.54) is 5.56 Å². The molecule has 0 radical (unpaired) electrons. The van der Waals surface area contributed by atoms with Crippen molar-refractivity contribution in [3.63, 3.8) is 0 Å². The molecule has 1 aliphatic rings. The summed E-state index contributed by atoms with van der Waals surface area (Å²) in [6, 6.07) is 16.3. The maximum Gasteiger partial charge on any atom is 0.321 e. The van der Waals surface area contributed by atoms with E-state index in [1.54, 1.807) is 0 Å². The van der Waals surface area contributed by atoms with Gasteiger partial charge in [-0.15, -0.1) is 0 Å². The highest BCUT2D eigenvalue weighted by atomic mass is 16.5. The lowest BCUT2D eigenvalue weighted by atomic mass is 10.2. The van der Waals surface area contributed by atoms with Gasteiger partial charge in [0.15, 0.2) is 0 Å². The predicted molar refractivity (Wildman–Crippen MR) is 114 cm³/mol. The van der Waals surface area contributed by atoms with E-state index in [4.69, 9.17) is 4.74 Å². The van der Waals surface area contributed by atoms with Crippen LogP contribution in [0.5, 0.6) is 5.75 Å². The van der Waals surface area contributed by atoms with Crippen LogP contribution < -0.4 is 10.1 Å². The Hall–Kier alpha value is -2.53. The molecule has 0 saturated carbocycles. The second kappa shape index (κ2) is 10.1. The molecule has 0 bridgehead atoms. The van der Waals surface area contributed by atoms with Gasteiger partial charge in [0.1, 0.15) is 5.75 Å². The lowest BCUT2D eigenvalue weighted by molar-refractivity contribution is 0.143. The molecule has 0 spiro atoms. The molecule has 150 valence electrons. The maximum absolute atomic E-state index is 12.6. The Balaban J connectivity index is 1.47. The van der Waals surface area contributed by atoms with Crippen LogP contribution in [0.15, 0.2) is 48.5 Å². The van der Waals surface area contributed by atoms with Crippen molar-refractivity contribution in [2.75, 3.05) is 38.1 Å². The van der Waals surface area contributed by atoms with E-state index < -0.39 is 0 Å². The number of benzene rings is 2. The standard InChI is InChI=1S/C23H31N3O2/c1-3-4-16-28-21-10-11-22(19(2)17-21)24-23(27)26-14-12-25(13-15-26)18-20-8-6-5-7-9-20/h5-11,17H,3-4,12-16,18H2,1-2H3,(H,24,27). The Morgan fingerprint density at radius 3 is 2.50 bits per heavy atom. The van der Waals surface area contributed by atoms with Crippen LogP contribution in [0.25, 0.3) is 0 Å². The van der Waals surface area contributed by atoms with E-state index in [-0.39, 0.29) is 6.03 Å². The first kappa shape index (κ1) is 20.2. The number of hydrogen-bond donors (Lipinski definition) is 1. The molecule has 1 N–H and O–H groups in total. The summed E-state index contributed by atoms with van der Waals surface area (Å²) in [5.41, 5.74) is 3.18. The molecule has 1 aliphatic heterocycles. The van der Waals surface area contributed by atoms with E-state index in [2.05, 4.69) is 41.4 Å². The van der Waals surface area contributed by atoms with Gasteiger partial charge in [0, 0.05) is 38.4 Å². The summed E-state index contributed by atoms with van der Waals surface area (Å²) in [6.07, 6.45) is 2.17. The van der Waals surface area contributed by atoms with Gasteiger partial charge in [-0.25, -0.2) is 4.79 Å². The topological polar surface area (TPSA) is 44.8 Å². The van der Waals surface area contributed by atoms with Crippen molar-refractivity contribution in [3.8, 4) is 5.75 Å². The van der Waals surface area contributed by atoms with Gasteiger partial charge in [-0.1, -0.05) is 43.7 Å². The third kappa shape index (κ3) is 5.73. The van der Waals surface area contributed by atoms with Crippen molar-refractivity contribution in [1.82, 2.24) is 9.80 Å². The molecule has 0 unspecified atom stereocenters. The SMILES string of the molecule is CCCCOc1ccc(NC(=O)N2CCN(Cc3ccccc3)CC2)c(C)c1. The first-order chi connectivity index (χ1) is 13.7. The van der Waals surface area contributed by atoms with Crippen molar-refractivity contribution < 1.29 is 9.53 Å². The molecular formula is C23H31N3O2. The Bertz CT molecular complexity index is 756. The minimum Gasteiger partial charge on any atom is -0.494 e. The Morgan fingerprint density at radius 1 is 1.07 bits per heavy atom. The number of rotatable bonds is 7. The van der Waals surface area contributed by atoms with Gasteiger partial charge in [-0.05, 0) is 42.7 Å². The molecule has 28 heavy (non-hydrogen) atoms. The third-order valence-electron chi connectivity index (χ3n) is 5.11. The molecule has 2 aromatic rings. The van der Waals surface area contributed by atoms with Crippen molar-refractivity contribution in [3.05, 3.63) is 59.7 Å². The number of carbonyl (C=O) groups excluding carboxylic acids is 1. The van der Waals surface area contributed by atoms with Crippen LogP contribution in [0.1, 0.15) is 30.9 Å². The largest absolute Gasteiger partial charge is 0.494 e. The third-order valence-corrected chi connectivity index (χ3v) is 5.11. The molecule has 0 aromatic heterocycles. The van der Waals surface area contributed by atoms with Crippen LogP contribution in [-0.4, -0.2) is 48.6 Å². The first-order valence-electron chi connectivity index (χ1n) is 10.2. The zero-order chi connectivity index (χ0) is 19.8. The molecule has 1 heterocycles. The fraction of sp³-hybridized carbons (Fsp3) is 0.435.